The summed E-state index contributed by atoms with van der Waals surface area (Å²) in [6.07, 6.45) is 51.4. The molecular formula is C38H77ClO. The van der Waals surface area contributed by atoms with Crippen LogP contribution < -0.4 is 0 Å². The summed E-state index contributed by atoms with van der Waals surface area (Å²) >= 11 is 5.73. The molecule has 40 heavy (non-hydrogen) atoms. The number of rotatable bonds is 37. The fraction of sp³-hybridized carbons (Fsp3) is 1.00. The van der Waals surface area contributed by atoms with Crippen LogP contribution >= 0.6 is 11.6 Å². The number of hydrogen-bond donors (Lipinski definition) is 1. The molecule has 2 heteroatoms. The van der Waals surface area contributed by atoms with Crippen molar-refractivity contribution in [2.45, 2.75) is 231 Å². The van der Waals surface area contributed by atoms with Crippen molar-refractivity contribution in [2.75, 3.05) is 12.5 Å². The van der Waals surface area contributed by atoms with Gasteiger partial charge >= 0.3 is 0 Å². The van der Waals surface area contributed by atoms with Gasteiger partial charge in [0.05, 0.1) is 0 Å². The molecule has 0 unspecified atom stereocenters. The van der Waals surface area contributed by atoms with E-state index in [4.69, 9.17) is 16.7 Å². The van der Waals surface area contributed by atoms with E-state index in [1.807, 2.05) is 0 Å². The number of alkyl halides is 1. The summed E-state index contributed by atoms with van der Waals surface area (Å²) in [6.45, 7) is 0.373. The number of aliphatic hydroxyl groups excluding tert-OH is 1. The Kier molecular flexibility index (Phi) is 39.5. The number of aliphatic hydroxyl groups is 1. The van der Waals surface area contributed by atoms with Gasteiger partial charge in [-0.2, -0.15) is 0 Å². The molecule has 0 aromatic heterocycles. The summed E-state index contributed by atoms with van der Waals surface area (Å²) in [7, 11) is 0. The fourth-order valence-electron chi connectivity index (χ4n) is 6.22. The number of unbranched alkanes of at least 4 members (excludes halogenated alkanes) is 35. The highest BCUT2D eigenvalue weighted by molar-refractivity contribution is 6.17. The standard InChI is InChI=1S/C38H77ClO/c39-37-35-33-31-29-27-25-23-21-19-17-15-13-11-9-7-5-3-1-2-4-6-8-10-12-14-16-18-20-22-24-26-28-30-32-34-36-38-40/h40H,1-38H2. The molecule has 0 heterocycles. The van der Waals surface area contributed by atoms with Crippen LogP contribution in [0.3, 0.4) is 0 Å². The summed E-state index contributed by atoms with van der Waals surface area (Å²) < 4.78 is 0. The maximum Gasteiger partial charge on any atom is 0.0431 e. The quantitative estimate of drug-likeness (QED) is 0.0568. The van der Waals surface area contributed by atoms with E-state index >= 15 is 0 Å². The molecule has 0 rings (SSSR count). The van der Waals surface area contributed by atoms with Crippen molar-refractivity contribution in [3.63, 3.8) is 0 Å². The van der Waals surface area contributed by atoms with Crippen LogP contribution in [0.25, 0.3) is 0 Å². The molecular weight excluding hydrogens is 508 g/mol. The fourth-order valence-corrected chi connectivity index (χ4v) is 6.41. The lowest BCUT2D eigenvalue weighted by atomic mass is 10.0. The molecule has 1 nitrogen and oxygen atoms in total. The normalized spacial score (nSPS) is 11.6. The van der Waals surface area contributed by atoms with E-state index in [1.54, 1.807) is 0 Å². The smallest absolute Gasteiger partial charge is 0.0431 e. The Morgan fingerprint density at radius 2 is 0.325 bits per heavy atom. The van der Waals surface area contributed by atoms with Crippen molar-refractivity contribution in [1.29, 1.82) is 0 Å². The van der Waals surface area contributed by atoms with Crippen molar-refractivity contribution in [2.24, 2.45) is 0 Å². The summed E-state index contributed by atoms with van der Waals surface area (Å²) in [5.74, 6) is 0.844. The maximum absolute atomic E-state index is 8.79. The average molecular weight is 585 g/mol. The minimum absolute atomic E-state index is 0.373. The molecule has 0 aromatic rings. The van der Waals surface area contributed by atoms with Gasteiger partial charge in [0.1, 0.15) is 0 Å². The number of hydrogen-bond acceptors (Lipinski definition) is 1. The van der Waals surface area contributed by atoms with Crippen molar-refractivity contribution in [3.05, 3.63) is 0 Å². The lowest BCUT2D eigenvalue weighted by molar-refractivity contribution is 0.282. The molecule has 0 bridgehead atoms. The minimum atomic E-state index is 0.373. The molecule has 0 radical (unpaired) electrons. The largest absolute Gasteiger partial charge is 0.396 e. The summed E-state index contributed by atoms with van der Waals surface area (Å²) in [5, 5.41) is 8.79. The third-order valence-electron chi connectivity index (χ3n) is 9.04. The van der Waals surface area contributed by atoms with Crippen LogP contribution in [0.4, 0.5) is 0 Å². The molecule has 0 amide bonds. The maximum atomic E-state index is 8.79. The Bertz CT molecular complexity index is 374. The molecule has 1 N–H and O–H groups in total. The highest BCUT2D eigenvalue weighted by atomic mass is 35.5. The van der Waals surface area contributed by atoms with Crippen LogP contribution in [0, 0.1) is 0 Å². The van der Waals surface area contributed by atoms with Crippen LogP contribution in [0.1, 0.15) is 231 Å². The van der Waals surface area contributed by atoms with E-state index in [1.165, 1.54) is 225 Å². The second-order valence-corrected chi connectivity index (χ2v) is 13.5. The first kappa shape index (κ1) is 40.2. The van der Waals surface area contributed by atoms with Gasteiger partial charge in [-0.05, 0) is 12.8 Å². The van der Waals surface area contributed by atoms with Crippen LogP contribution in [0.15, 0.2) is 0 Å². The Balaban J connectivity index is 3.01. The molecule has 0 aliphatic heterocycles. The van der Waals surface area contributed by atoms with Gasteiger partial charge in [-0.25, -0.2) is 0 Å². The second-order valence-electron chi connectivity index (χ2n) is 13.1. The second kappa shape index (κ2) is 39.2. The molecule has 0 saturated carbocycles. The van der Waals surface area contributed by atoms with Gasteiger partial charge in [0.25, 0.3) is 0 Å². The summed E-state index contributed by atoms with van der Waals surface area (Å²) in [5.41, 5.74) is 0. The average Bonchev–Trinajstić information content (AvgIpc) is 2.97. The zero-order chi connectivity index (χ0) is 28.9. The van der Waals surface area contributed by atoms with Gasteiger partial charge in [0.15, 0.2) is 0 Å². The van der Waals surface area contributed by atoms with Gasteiger partial charge < -0.3 is 5.11 Å². The molecule has 0 aliphatic carbocycles. The van der Waals surface area contributed by atoms with E-state index < -0.39 is 0 Å². The molecule has 0 fully saturated rings. The van der Waals surface area contributed by atoms with Gasteiger partial charge in [-0.1, -0.05) is 218 Å². The van der Waals surface area contributed by atoms with Gasteiger partial charge in [-0.15, -0.1) is 11.6 Å². The van der Waals surface area contributed by atoms with Crippen molar-refractivity contribution < 1.29 is 5.11 Å². The minimum Gasteiger partial charge on any atom is -0.396 e. The highest BCUT2D eigenvalue weighted by Gasteiger charge is 1.97. The SMILES string of the molecule is OCCCCCCCCCCCCCCCCCCCCCCCCCCCCCCCCCCCCCCCl. The highest BCUT2D eigenvalue weighted by Crippen LogP contribution is 2.17. The van der Waals surface area contributed by atoms with Crippen molar-refractivity contribution in [1.82, 2.24) is 0 Å². The first-order valence-corrected chi connectivity index (χ1v) is 19.6. The Labute approximate surface area is 259 Å². The predicted octanol–water partition coefficient (Wildman–Crippen LogP) is 14.3. The van der Waals surface area contributed by atoms with Crippen LogP contribution in [-0.4, -0.2) is 17.6 Å². The third kappa shape index (κ3) is 38.2. The van der Waals surface area contributed by atoms with Crippen LogP contribution in [0.2, 0.25) is 0 Å². The van der Waals surface area contributed by atoms with Gasteiger partial charge in [0.2, 0.25) is 0 Å². The number of halogens is 1. The molecule has 0 aliphatic rings. The lowest BCUT2D eigenvalue weighted by Gasteiger charge is -2.05. The van der Waals surface area contributed by atoms with E-state index in [2.05, 4.69) is 0 Å². The van der Waals surface area contributed by atoms with Gasteiger partial charge in [0, 0.05) is 12.5 Å². The van der Waals surface area contributed by atoms with Crippen molar-refractivity contribution in [3.8, 4) is 0 Å². The Morgan fingerprint density at radius 3 is 0.450 bits per heavy atom. The zero-order valence-corrected chi connectivity index (χ0v) is 28.5. The van der Waals surface area contributed by atoms with Crippen LogP contribution in [0.5, 0.6) is 0 Å². The molecule has 0 spiro atoms. The topological polar surface area (TPSA) is 20.2 Å². The summed E-state index contributed by atoms with van der Waals surface area (Å²) in [4.78, 5) is 0. The molecule has 0 atom stereocenters. The molecule has 242 valence electrons. The van der Waals surface area contributed by atoms with Crippen molar-refractivity contribution >= 4 is 11.6 Å². The first-order valence-electron chi connectivity index (χ1n) is 19.1. The third-order valence-corrected chi connectivity index (χ3v) is 9.31. The first-order chi connectivity index (χ1) is 19.9. The summed E-state index contributed by atoms with van der Waals surface area (Å²) in [6, 6.07) is 0. The van der Waals surface area contributed by atoms with Gasteiger partial charge in [-0.3, -0.25) is 0 Å². The van der Waals surface area contributed by atoms with E-state index in [0.717, 1.165) is 12.3 Å². The lowest BCUT2D eigenvalue weighted by Crippen LogP contribution is -1.85. The Morgan fingerprint density at radius 1 is 0.200 bits per heavy atom. The van der Waals surface area contributed by atoms with Crippen LogP contribution in [-0.2, 0) is 0 Å². The van der Waals surface area contributed by atoms with E-state index in [9.17, 15) is 0 Å². The monoisotopic (exact) mass is 585 g/mol. The molecule has 0 saturated heterocycles. The van der Waals surface area contributed by atoms with E-state index in [-0.39, 0.29) is 0 Å². The van der Waals surface area contributed by atoms with E-state index in [0.29, 0.717) is 6.61 Å². The molecule has 0 aromatic carbocycles. The predicted molar refractivity (Wildman–Crippen MR) is 184 cm³/mol. The Hall–Kier alpha value is 0.250. The zero-order valence-electron chi connectivity index (χ0n) is 27.7.